The molecule has 82 valence electrons. The van der Waals surface area contributed by atoms with E-state index in [9.17, 15) is 4.79 Å². The first kappa shape index (κ1) is 10.4. The Labute approximate surface area is 93.1 Å². The number of carbonyl (C=O) groups is 1. The standard InChI is InChI=1S/C12H12N2O2/c1-9(15)16-13-7-10-8-14(2)12-6-4-3-5-11(10)12/h3-8H,1-2H3. The maximum absolute atomic E-state index is 10.6. The Morgan fingerprint density at radius 1 is 1.44 bits per heavy atom. The monoisotopic (exact) mass is 216 g/mol. The Bertz CT molecular complexity index is 555. The lowest BCUT2D eigenvalue weighted by molar-refractivity contribution is -0.140. The van der Waals surface area contributed by atoms with Crippen LogP contribution in [0.5, 0.6) is 0 Å². The van der Waals surface area contributed by atoms with Crippen molar-refractivity contribution in [2.45, 2.75) is 6.92 Å². The zero-order valence-corrected chi connectivity index (χ0v) is 9.18. The van der Waals surface area contributed by atoms with Gasteiger partial charge in [0.05, 0.1) is 6.21 Å². The summed E-state index contributed by atoms with van der Waals surface area (Å²) in [6, 6.07) is 7.98. The van der Waals surface area contributed by atoms with E-state index < -0.39 is 5.97 Å². The molecule has 0 radical (unpaired) electrons. The lowest BCUT2D eigenvalue weighted by Gasteiger charge is -1.92. The zero-order valence-electron chi connectivity index (χ0n) is 9.18. The van der Waals surface area contributed by atoms with E-state index in [0.717, 1.165) is 16.5 Å². The highest BCUT2D eigenvalue weighted by Gasteiger charge is 2.03. The molecule has 0 saturated carbocycles. The van der Waals surface area contributed by atoms with Crippen LogP contribution in [0.4, 0.5) is 0 Å². The van der Waals surface area contributed by atoms with E-state index in [-0.39, 0.29) is 0 Å². The van der Waals surface area contributed by atoms with Gasteiger partial charge in [0.1, 0.15) is 0 Å². The molecule has 0 unspecified atom stereocenters. The van der Waals surface area contributed by atoms with Crippen LogP contribution in [0.3, 0.4) is 0 Å². The molecule has 0 aliphatic heterocycles. The van der Waals surface area contributed by atoms with Crippen LogP contribution in [0.1, 0.15) is 12.5 Å². The number of nitrogens with zero attached hydrogens (tertiary/aromatic N) is 2. The van der Waals surface area contributed by atoms with E-state index in [1.807, 2.05) is 42.1 Å². The van der Waals surface area contributed by atoms with Crippen molar-refractivity contribution in [1.29, 1.82) is 0 Å². The first-order valence-corrected chi connectivity index (χ1v) is 4.93. The van der Waals surface area contributed by atoms with Gasteiger partial charge in [-0.05, 0) is 6.07 Å². The fraction of sp³-hybridized carbons (Fsp3) is 0.167. The lowest BCUT2D eigenvalue weighted by Crippen LogP contribution is -1.91. The van der Waals surface area contributed by atoms with Crippen LogP contribution >= 0.6 is 0 Å². The molecule has 2 aromatic rings. The van der Waals surface area contributed by atoms with Gasteiger partial charge in [0, 0.05) is 36.6 Å². The van der Waals surface area contributed by atoms with Crippen molar-refractivity contribution < 1.29 is 9.63 Å². The molecule has 0 N–H and O–H groups in total. The zero-order chi connectivity index (χ0) is 11.5. The largest absolute Gasteiger partial charge is 0.350 e. The SMILES string of the molecule is CC(=O)ON=Cc1cn(C)c2ccccc12. The molecule has 1 aromatic carbocycles. The van der Waals surface area contributed by atoms with Crippen molar-refractivity contribution in [1.82, 2.24) is 4.57 Å². The number of rotatable bonds is 2. The Balaban J connectivity index is 2.38. The molecule has 0 amide bonds. The Morgan fingerprint density at radius 3 is 2.94 bits per heavy atom. The maximum Gasteiger partial charge on any atom is 0.331 e. The number of oxime groups is 1. The van der Waals surface area contributed by atoms with E-state index >= 15 is 0 Å². The van der Waals surface area contributed by atoms with Crippen LogP contribution in [0, 0.1) is 0 Å². The molecule has 0 bridgehead atoms. The van der Waals surface area contributed by atoms with Crippen molar-refractivity contribution in [3.05, 3.63) is 36.0 Å². The minimum absolute atomic E-state index is 0.420. The van der Waals surface area contributed by atoms with Gasteiger partial charge < -0.3 is 9.40 Å². The Morgan fingerprint density at radius 2 is 2.19 bits per heavy atom. The van der Waals surface area contributed by atoms with Crippen LogP contribution in [0.15, 0.2) is 35.6 Å². The molecule has 0 atom stereocenters. The summed E-state index contributed by atoms with van der Waals surface area (Å²) in [6.45, 7) is 1.32. The maximum atomic E-state index is 10.6. The predicted molar refractivity (Wildman–Crippen MR) is 62.3 cm³/mol. The summed E-state index contributed by atoms with van der Waals surface area (Å²) in [7, 11) is 1.96. The van der Waals surface area contributed by atoms with Gasteiger partial charge in [0.2, 0.25) is 0 Å². The van der Waals surface area contributed by atoms with Crippen molar-refractivity contribution in [2.24, 2.45) is 12.2 Å². The highest BCUT2D eigenvalue weighted by Crippen LogP contribution is 2.18. The summed E-state index contributed by atoms with van der Waals surface area (Å²) in [5.41, 5.74) is 2.05. The van der Waals surface area contributed by atoms with Crippen molar-refractivity contribution in [3.8, 4) is 0 Å². The molecule has 0 saturated heterocycles. The van der Waals surface area contributed by atoms with Gasteiger partial charge in [0.25, 0.3) is 0 Å². The van der Waals surface area contributed by atoms with Crippen molar-refractivity contribution >= 4 is 23.1 Å². The second-order valence-corrected chi connectivity index (χ2v) is 3.53. The second-order valence-electron chi connectivity index (χ2n) is 3.53. The first-order chi connectivity index (χ1) is 7.68. The van der Waals surface area contributed by atoms with Crippen LogP contribution in [-0.2, 0) is 16.7 Å². The summed E-state index contributed by atoms with van der Waals surface area (Å²) in [4.78, 5) is 15.1. The third-order valence-electron chi connectivity index (χ3n) is 2.30. The Hall–Kier alpha value is -2.10. The van der Waals surface area contributed by atoms with Gasteiger partial charge >= 0.3 is 5.97 Å². The van der Waals surface area contributed by atoms with E-state index in [0.29, 0.717) is 0 Å². The van der Waals surface area contributed by atoms with E-state index in [2.05, 4.69) is 9.99 Å². The number of aryl methyl sites for hydroxylation is 1. The number of carbonyl (C=O) groups excluding carboxylic acids is 1. The third kappa shape index (κ3) is 1.95. The molecule has 4 nitrogen and oxygen atoms in total. The van der Waals surface area contributed by atoms with E-state index in [1.165, 1.54) is 6.92 Å². The molecule has 0 fully saturated rings. The summed E-state index contributed by atoms with van der Waals surface area (Å²) in [6.07, 6.45) is 3.49. The minimum atomic E-state index is -0.420. The van der Waals surface area contributed by atoms with Crippen LogP contribution in [0.25, 0.3) is 10.9 Å². The molecule has 1 heterocycles. The summed E-state index contributed by atoms with van der Waals surface area (Å²) in [5, 5.41) is 4.70. The summed E-state index contributed by atoms with van der Waals surface area (Å²) < 4.78 is 2.00. The average molecular weight is 216 g/mol. The number of hydrogen-bond donors (Lipinski definition) is 0. The smallest absolute Gasteiger partial charge is 0.331 e. The van der Waals surface area contributed by atoms with Gasteiger partial charge in [-0.1, -0.05) is 23.4 Å². The lowest BCUT2D eigenvalue weighted by atomic mass is 10.2. The number of para-hydroxylation sites is 1. The molecular formula is C12H12N2O2. The van der Waals surface area contributed by atoms with E-state index in [1.54, 1.807) is 6.21 Å². The third-order valence-corrected chi connectivity index (χ3v) is 2.30. The van der Waals surface area contributed by atoms with Crippen molar-refractivity contribution in [3.63, 3.8) is 0 Å². The van der Waals surface area contributed by atoms with Crippen LogP contribution < -0.4 is 0 Å². The number of benzene rings is 1. The average Bonchev–Trinajstić information content (AvgIpc) is 2.57. The summed E-state index contributed by atoms with van der Waals surface area (Å²) in [5.74, 6) is -0.420. The second kappa shape index (κ2) is 4.18. The molecule has 2 rings (SSSR count). The highest BCUT2D eigenvalue weighted by atomic mass is 16.7. The van der Waals surface area contributed by atoms with Gasteiger partial charge in [-0.3, -0.25) is 0 Å². The predicted octanol–water partition coefficient (Wildman–Crippen LogP) is 2.08. The fourth-order valence-electron chi connectivity index (χ4n) is 1.63. The molecular weight excluding hydrogens is 204 g/mol. The van der Waals surface area contributed by atoms with Crippen LogP contribution in [-0.4, -0.2) is 16.8 Å². The molecule has 0 aliphatic rings. The molecule has 16 heavy (non-hydrogen) atoms. The number of aromatic nitrogens is 1. The molecule has 1 aromatic heterocycles. The summed E-state index contributed by atoms with van der Waals surface area (Å²) >= 11 is 0. The minimum Gasteiger partial charge on any atom is -0.350 e. The topological polar surface area (TPSA) is 43.6 Å². The van der Waals surface area contributed by atoms with Crippen molar-refractivity contribution in [2.75, 3.05) is 0 Å². The molecule has 4 heteroatoms. The fourth-order valence-corrected chi connectivity index (χ4v) is 1.63. The molecule has 0 spiro atoms. The van der Waals surface area contributed by atoms with Gasteiger partial charge in [-0.15, -0.1) is 0 Å². The van der Waals surface area contributed by atoms with Gasteiger partial charge in [-0.2, -0.15) is 0 Å². The van der Waals surface area contributed by atoms with Gasteiger partial charge in [0.15, 0.2) is 0 Å². The normalized spacial score (nSPS) is 11.1. The number of hydrogen-bond acceptors (Lipinski definition) is 3. The first-order valence-electron chi connectivity index (χ1n) is 4.93. The van der Waals surface area contributed by atoms with Gasteiger partial charge in [-0.25, -0.2) is 4.79 Å². The van der Waals surface area contributed by atoms with Crippen LogP contribution in [0.2, 0.25) is 0 Å². The number of fused-ring (bicyclic) bond motifs is 1. The molecule has 0 aliphatic carbocycles. The quantitative estimate of drug-likeness (QED) is 0.438. The Kier molecular flexibility index (Phi) is 2.72. The van der Waals surface area contributed by atoms with E-state index in [4.69, 9.17) is 0 Å². The highest BCUT2D eigenvalue weighted by molar-refractivity contribution is 5.99.